The first-order valence-electron chi connectivity index (χ1n) is 7.63. The van der Waals surface area contributed by atoms with Crippen LogP contribution in [0.4, 0.5) is 0 Å². The first-order chi connectivity index (χ1) is 10.7. The van der Waals surface area contributed by atoms with Crippen molar-refractivity contribution >= 4 is 41.3 Å². The summed E-state index contributed by atoms with van der Waals surface area (Å²) >= 11 is 1.80. The molecule has 0 radical (unpaired) electrons. The molecule has 126 valence electrons. The van der Waals surface area contributed by atoms with E-state index in [0.29, 0.717) is 6.54 Å². The first-order valence-corrected chi connectivity index (χ1v) is 8.51. The van der Waals surface area contributed by atoms with Crippen molar-refractivity contribution in [2.45, 2.75) is 26.8 Å². The molecule has 0 atom stereocenters. The van der Waals surface area contributed by atoms with Gasteiger partial charge in [0.15, 0.2) is 5.96 Å². The van der Waals surface area contributed by atoms with Crippen molar-refractivity contribution in [1.82, 2.24) is 15.2 Å². The minimum Gasteiger partial charge on any atom is -0.357 e. The minimum absolute atomic E-state index is 0. The van der Waals surface area contributed by atoms with Crippen molar-refractivity contribution < 1.29 is 0 Å². The number of hydrogen-bond donors (Lipinski definition) is 1. The van der Waals surface area contributed by atoms with Crippen LogP contribution in [0.1, 0.15) is 23.2 Å². The van der Waals surface area contributed by atoms with Crippen LogP contribution in [0.15, 0.2) is 40.7 Å². The molecule has 0 aliphatic rings. The summed E-state index contributed by atoms with van der Waals surface area (Å²) in [5, 5.41) is 5.47. The third kappa shape index (κ3) is 6.87. The Balaban J connectivity index is 0.00000264. The lowest BCUT2D eigenvalue weighted by Gasteiger charge is -2.21. The number of likely N-dealkylation sites (N-methyl/N-ethyl adjacent to an activating group) is 1. The van der Waals surface area contributed by atoms with Crippen molar-refractivity contribution in [3.63, 3.8) is 0 Å². The molecule has 0 aromatic carbocycles. The summed E-state index contributed by atoms with van der Waals surface area (Å²) in [5.41, 5.74) is 2.03. The van der Waals surface area contributed by atoms with E-state index in [4.69, 9.17) is 4.99 Å². The molecule has 0 aliphatic carbocycles. The predicted molar refractivity (Wildman–Crippen MR) is 110 cm³/mol. The number of halogens is 1. The molecular formula is C17H25IN4S. The van der Waals surface area contributed by atoms with E-state index in [-0.39, 0.29) is 24.0 Å². The summed E-state index contributed by atoms with van der Waals surface area (Å²) < 4.78 is 0. The maximum atomic E-state index is 4.70. The molecule has 0 fully saturated rings. The molecule has 0 saturated heterocycles. The largest absolute Gasteiger partial charge is 0.357 e. The Morgan fingerprint density at radius 3 is 2.78 bits per heavy atom. The summed E-state index contributed by atoms with van der Waals surface area (Å²) in [4.78, 5) is 12.8. The zero-order valence-corrected chi connectivity index (χ0v) is 17.1. The van der Waals surface area contributed by atoms with E-state index >= 15 is 0 Å². The average Bonchev–Trinajstić information content (AvgIpc) is 3.02. The lowest BCUT2D eigenvalue weighted by molar-refractivity contribution is 0.486. The van der Waals surface area contributed by atoms with Gasteiger partial charge in [-0.3, -0.25) is 4.98 Å². The van der Waals surface area contributed by atoms with Crippen LogP contribution < -0.4 is 5.32 Å². The third-order valence-electron chi connectivity index (χ3n) is 3.31. The number of thiophene rings is 1. The van der Waals surface area contributed by atoms with E-state index in [9.17, 15) is 0 Å². The van der Waals surface area contributed by atoms with Gasteiger partial charge >= 0.3 is 0 Å². The molecule has 2 aromatic rings. The van der Waals surface area contributed by atoms with Gasteiger partial charge in [0.25, 0.3) is 0 Å². The molecule has 0 spiro atoms. The minimum atomic E-state index is 0. The number of aromatic nitrogens is 1. The fourth-order valence-corrected chi connectivity index (χ4v) is 2.85. The summed E-state index contributed by atoms with van der Waals surface area (Å²) in [6.07, 6.45) is 1.04. The number of hydrogen-bond acceptors (Lipinski definition) is 3. The molecular weight excluding hydrogens is 419 g/mol. The molecule has 0 saturated carbocycles. The lowest BCUT2D eigenvalue weighted by atomic mass is 10.3. The van der Waals surface area contributed by atoms with Crippen molar-refractivity contribution in [3.05, 3.63) is 52.0 Å². The Morgan fingerprint density at radius 2 is 2.13 bits per heavy atom. The highest BCUT2D eigenvalue weighted by atomic mass is 127. The van der Waals surface area contributed by atoms with Crippen LogP contribution in [0, 0.1) is 6.92 Å². The maximum Gasteiger partial charge on any atom is 0.194 e. The van der Waals surface area contributed by atoms with Gasteiger partial charge in [-0.05, 0) is 43.8 Å². The normalized spacial score (nSPS) is 11.0. The van der Waals surface area contributed by atoms with Gasteiger partial charge in [0.2, 0.25) is 0 Å². The highest BCUT2D eigenvalue weighted by Crippen LogP contribution is 2.09. The molecule has 1 N–H and O–H groups in total. The number of guanidine groups is 1. The molecule has 2 aromatic heterocycles. The number of aliphatic imine (C=N–C) groups is 1. The SMILES string of the molecule is CCNC(=NCc1cccc(C)n1)N(C)CCc1cccs1.I. The molecule has 23 heavy (non-hydrogen) atoms. The number of nitrogens with one attached hydrogen (secondary N) is 1. The Bertz CT molecular complexity index is 598. The van der Waals surface area contributed by atoms with Crippen LogP contribution in [-0.2, 0) is 13.0 Å². The number of rotatable bonds is 6. The Morgan fingerprint density at radius 1 is 1.30 bits per heavy atom. The molecule has 2 heterocycles. The highest BCUT2D eigenvalue weighted by molar-refractivity contribution is 14.0. The number of aryl methyl sites for hydroxylation is 1. The standard InChI is InChI=1S/C17H24N4S.HI/c1-4-18-17(19-13-15-8-5-7-14(2)20-15)21(3)11-10-16-9-6-12-22-16;/h5-9,12H,4,10-11,13H2,1-3H3,(H,18,19);1H. The topological polar surface area (TPSA) is 40.5 Å². The maximum absolute atomic E-state index is 4.70. The van der Waals surface area contributed by atoms with Crippen LogP contribution >= 0.6 is 35.3 Å². The number of nitrogens with zero attached hydrogens (tertiary/aromatic N) is 3. The van der Waals surface area contributed by atoms with Gasteiger partial charge in [-0.25, -0.2) is 4.99 Å². The van der Waals surface area contributed by atoms with Crippen molar-refractivity contribution in [2.24, 2.45) is 4.99 Å². The molecule has 6 heteroatoms. The van der Waals surface area contributed by atoms with Gasteiger partial charge < -0.3 is 10.2 Å². The van der Waals surface area contributed by atoms with Crippen molar-refractivity contribution in [1.29, 1.82) is 0 Å². The average molecular weight is 444 g/mol. The second kappa shape index (κ2) is 10.6. The summed E-state index contributed by atoms with van der Waals surface area (Å²) in [6, 6.07) is 10.3. The molecule has 0 amide bonds. The third-order valence-corrected chi connectivity index (χ3v) is 4.24. The van der Waals surface area contributed by atoms with Gasteiger partial charge in [-0.15, -0.1) is 35.3 Å². The summed E-state index contributed by atoms with van der Waals surface area (Å²) in [5.74, 6) is 0.933. The van der Waals surface area contributed by atoms with Crippen LogP contribution in [0.25, 0.3) is 0 Å². The summed E-state index contributed by atoms with van der Waals surface area (Å²) in [7, 11) is 2.08. The zero-order valence-electron chi connectivity index (χ0n) is 14.0. The van der Waals surface area contributed by atoms with E-state index < -0.39 is 0 Å². The molecule has 2 rings (SSSR count). The second-order valence-electron chi connectivity index (χ2n) is 5.19. The van der Waals surface area contributed by atoms with Crippen LogP contribution in [0.5, 0.6) is 0 Å². The van der Waals surface area contributed by atoms with E-state index in [1.807, 2.05) is 25.1 Å². The monoisotopic (exact) mass is 444 g/mol. The second-order valence-corrected chi connectivity index (χ2v) is 6.22. The summed E-state index contributed by atoms with van der Waals surface area (Å²) in [6.45, 7) is 6.52. The molecule has 0 bridgehead atoms. The van der Waals surface area contributed by atoms with E-state index in [2.05, 4.69) is 46.7 Å². The first kappa shape index (κ1) is 19.9. The van der Waals surface area contributed by atoms with Gasteiger partial charge in [-0.2, -0.15) is 0 Å². The predicted octanol–water partition coefficient (Wildman–Crippen LogP) is 3.71. The Kier molecular flexibility index (Phi) is 9.16. The Labute approximate surface area is 160 Å². The van der Waals surface area contributed by atoms with Crippen LogP contribution in [-0.4, -0.2) is 36.0 Å². The number of pyridine rings is 1. The smallest absolute Gasteiger partial charge is 0.194 e. The molecule has 4 nitrogen and oxygen atoms in total. The lowest BCUT2D eigenvalue weighted by Crippen LogP contribution is -2.39. The molecule has 0 aliphatic heterocycles. The quantitative estimate of drug-likeness (QED) is 0.420. The van der Waals surface area contributed by atoms with Crippen molar-refractivity contribution in [3.8, 4) is 0 Å². The van der Waals surface area contributed by atoms with E-state index in [0.717, 1.165) is 36.9 Å². The fraction of sp³-hybridized carbons (Fsp3) is 0.412. The van der Waals surface area contributed by atoms with Crippen LogP contribution in [0.3, 0.4) is 0 Å². The van der Waals surface area contributed by atoms with Gasteiger partial charge in [-0.1, -0.05) is 12.1 Å². The highest BCUT2D eigenvalue weighted by Gasteiger charge is 2.06. The van der Waals surface area contributed by atoms with Crippen LogP contribution in [0.2, 0.25) is 0 Å². The van der Waals surface area contributed by atoms with E-state index in [1.54, 1.807) is 11.3 Å². The molecule has 0 unspecified atom stereocenters. The van der Waals surface area contributed by atoms with Gasteiger partial charge in [0.05, 0.1) is 12.2 Å². The van der Waals surface area contributed by atoms with Crippen molar-refractivity contribution in [2.75, 3.05) is 20.1 Å². The van der Waals surface area contributed by atoms with E-state index in [1.165, 1.54) is 4.88 Å². The van der Waals surface area contributed by atoms with Gasteiger partial charge in [0, 0.05) is 30.7 Å². The fourth-order valence-electron chi connectivity index (χ4n) is 2.15. The zero-order chi connectivity index (χ0) is 15.8. The Hall–Kier alpha value is -1.15. The van der Waals surface area contributed by atoms with Gasteiger partial charge in [0.1, 0.15) is 0 Å².